The minimum atomic E-state index is -0.864. The lowest BCUT2D eigenvalue weighted by Gasteiger charge is -2.32. The van der Waals surface area contributed by atoms with Crippen molar-refractivity contribution in [2.75, 3.05) is 13.2 Å². The lowest BCUT2D eigenvalue weighted by molar-refractivity contribution is 0.0467. The topological polar surface area (TPSA) is 18.5 Å². The summed E-state index contributed by atoms with van der Waals surface area (Å²) in [5.74, 6) is 2.81. The van der Waals surface area contributed by atoms with Gasteiger partial charge in [-0.15, -0.1) is 13.0 Å². The van der Waals surface area contributed by atoms with Crippen LogP contribution in [0.3, 0.4) is 0 Å². The van der Waals surface area contributed by atoms with Crippen LogP contribution in [0.1, 0.15) is 22.3 Å². The predicted octanol–water partition coefficient (Wildman–Crippen LogP) is 7.84. The number of hydrogen-bond acceptors (Lipinski definition) is 2. The van der Waals surface area contributed by atoms with E-state index in [1.807, 2.05) is 103 Å². The number of terminal acetylenes is 1. The molecule has 0 atom stereocenters. The van der Waals surface area contributed by atoms with E-state index >= 15 is 0 Å². The van der Waals surface area contributed by atoms with Crippen LogP contribution in [0.4, 0.5) is 0 Å². The normalized spacial score (nSPS) is 13.8. The molecule has 0 spiro atoms. The molecule has 1 aliphatic rings. The number of benzene rings is 4. The van der Waals surface area contributed by atoms with E-state index in [0.29, 0.717) is 13.2 Å². The molecular formula is C36H32O2. The van der Waals surface area contributed by atoms with Gasteiger partial charge < -0.3 is 9.47 Å². The summed E-state index contributed by atoms with van der Waals surface area (Å²) >= 11 is 0. The Morgan fingerprint density at radius 1 is 0.763 bits per heavy atom. The molecule has 188 valence electrons. The average molecular weight is 497 g/mol. The van der Waals surface area contributed by atoms with Gasteiger partial charge in [-0.05, 0) is 16.7 Å². The number of rotatable bonds is 8. The van der Waals surface area contributed by atoms with E-state index in [1.165, 1.54) is 0 Å². The molecule has 5 rings (SSSR count). The molecule has 4 aromatic carbocycles. The van der Waals surface area contributed by atoms with E-state index in [1.54, 1.807) is 6.08 Å². The third-order valence-corrected chi connectivity index (χ3v) is 6.57. The molecule has 0 saturated carbocycles. The quantitative estimate of drug-likeness (QED) is 0.183. The van der Waals surface area contributed by atoms with Gasteiger partial charge >= 0.3 is 0 Å². The Balaban J connectivity index is 0.000000177. The molecule has 38 heavy (non-hydrogen) atoms. The molecule has 0 aliphatic carbocycles. The molecule has 0 bridgehead atoms. The fourth-order valence-electron chi connectivity index (χ4n) is 4.79. The smallest absolute Gasteiger partial charge is 0.179 e. The van der Waals surface area contributed by atoms with Crippen LogP contribution < -0.4 is 0 Å². The van der Waals surface area contributed by atoms with Gasteiger partial charge in [-0.25, -0.2) is 0 Å². The second-order valence-corrected chi connectivity index (χ2v) is 8.75. The Morgan fingerprint density at radius 3 is 1.61 bits per heavy atom. The Hall–Kier alpha value is -4.42. The van der Waals surface area contributed by atoms with E-state index in [-0.39, 0.29) is 0 Å². The van der Waals surface area contributed by atoms with Crippen molar-refractivity contribution in [3.05, 3.63) is 181 Å². The van der Waals surface area contributed by atoms with Crippen LogP contribution >= 0.6 is 0 Å². The highest BCUT2D eigenvalue weighted by Gasteiger charge is 2.40. The minimum Gasteiger partial charge on any atom is -0.357 e. The van der Waals surface area contributed by atoms with E-state index in [9.17, 15) is 0 Å². The monoisotopic (exact) mass is 496 g/mol. The molecule has 0 unspecified atom stereocenters. The van der Waals surface area contributed by atoms with Crippen LogP contribution in [0.2, 0.25) is 0 Å². The van der Waals surface area contributed by atoms with E-state index in [4.69, 9.17) is 15.9 Å². The van der Waals surface area contributed by atoms with Crippen LogP contribution in [0, 0.1) is 12.3 Å². The molecule has 2 nitrogen and oxygen atoms in total. The first-order chi connectivity index (χ1) is 18.7. The average Bonchev–Trinajstić information content (AvgIpc) is 3.45. The maximum absolute atomic E-state index is 6.15. The zero-order valence-electron chi connectivity index (χ0n) is 21.5. The summed E-state index contributed by atoms with van der Waals surface area (Å²) in [6, 6.07) is 40.3. The van der Waals surface area contributed by atoms with Crippen molar-refractivity contribution >= 4 is 0 Å². The van der Waals surface area contributed by atoms with Crippen molar-refractivity contribution < 1.29 is 9.47 Å². The highest BCUT2D eigenvalue weighted by Crippen LogP contribution is 2.44. The van der Waals surface area contributed by atoms with Crippen LogP contribution in [0.5, 0.6) is 0 Å². The largest absolute Gasteiger partial charge is 0.357 e. The SMILES string of the molecule is C#CC(OCC=C)(c1ccccc1)c1ccccc1.C=CC1=CCOC1(c1ccccc1)c1ccccc1. The van der Waals surface area contributed by atoms with Crippen LogP contribution in [0.15, 0.2) is 158 Å². The molecule has 0 saturated heterocycles. The highest BCUT2D eigenvalue weighted by atomic mass is 16.5. The lowest BCUT2D eigenvalue weighted by Crippen LogP contribution is -2.29. The molecule has 0 aromatic heterocycles. The Kier molecular flexibility index (Phi) is 8.90. The van der Waals surface area contributed by atoms with Gasteiger partial charge in [0.25, 0.3) is 0 Å². The molecule has 0 radical (unpaired) electrons. The zero-order valence-corrected chi connectivity index (χ0v) is 21.5. The summed E-state index contributed by atoms with van der Waals surface area (Å²) in [6.07, 6.45) is 11.5. The summed E-state index contributed by atoms with van der Waals surface area (Å²) in [7, 11) is 0. The predicted molar refractivity (Wildman–Crippen MR) is 157 cm³/mol. The Labute approximate surface area is 226 Å². The van der Waals surface area contributed by atoms with Crippen molar-refractivity contribution in [2.45, 2.75) is 11.2 Å². The van der Waals surface area contributed by atoms with Crippen molar-refractivity contribution in [3.8, 4) is 12.3 Å². The van der Waals surface area contributed by atoms with Gasteiger partial charge in [0.05, 0.1) is 13.2 Å². The minimum absolute atomic E-state index is 0.397. The first-order valence-corrected chi connectivity index (χ1v) is 12.6. The first-order valence-electron chi connectivity index (χ1n) is 12.6. The second-order valence-electron chi connectivity index (χ2n) is 8.75. The first kappa shape index (κ1) is 26.6. The van der Waals surface area contributed by atoms with Gasteiger partial charge in [0.15, 0.2) is 5.60 Å². The molecule has 1 heterocycles. The zero-order chi connectivity index (χ0) is 26.7. The van der Waals surface area contributed by atoms with Crippen LogP contribution in [0.25, 0.3) is 0 Å². The lowest BCUT2D eigenvalue weighted by atomic mass is 9.80. The summed E-state index contributed by atoms with van der Waals surface area (Å²) < 4.78 is 12.1. The third kappa shape index (κ3) is 5.31. The van der Waals surface area contributed by atoms with Gasteiger partial charge in [0, 0.05) is 11.1 Å². The van der Waals surface area contributed by atoms with Gasteiger partial charge in [-0.2, -0.15) is 0 Å². The van der Waals surface area contributed by atoms with E-state index in [2.05, 4.69) is 49.4 Å². The van der Waals surface area contributed by atoms with Crippen LogP contribution in [-0.4, -0.2) is 13.2 Å². The van der Waals surface area contributed by atoms with Crippen molar-refractivity contribution in [2.24, 2.45) is 0 Å². The molecule has 2 heteroatoms. The van der Waals surface area contributed by atoms with E-state index in [0.717, 1.165) is 27.8 Å². The van der Waals surface area contributed by atoms with Gasteiger partial charge in [0.2, 0.25) is 0 Å². The van der Waals surface area contributed by atoms with E-state index < -0.39 is 11.2 Å². The maximum Gasteiger partial charge on any atom is 0.179 e. The summed E-state index contributed by atoms with van der Waals surface area (Å²) in [6.45, 7) is 8.65. The molecule has 0 amide bonds. The van der Waals surface area contributed by atoms with Crippen molar-refractivity contribution in [1.82, 2.24) is 0 Å². The summed E-state index contributed by atoms with van der Waals surface area (Å²) in [5, 5.41) is 0. The molecular weight excluding hydrogens is 464 g/mol. The highest BCUT2D eigenvalue weighted by molar-refractivity contribution is 5.51. The standard InChI is InChI=1S/2C18H16O/c1-2-15-13-14-19-18(15,16-9-5-3-6-10-16)17-11-7-4-8-12-17;1-3-15-19-18(4-2,16-11-7-5-8-12-16)17-13-9-6-10-14-17/h2-13H,1,14H2;2-3,5-14H,1,15H2. The Bertz CT molecular complexity index is 1300. The summed E-state index contributed by atoms with van der Waals surface area (Å²) in [4.78, 5) is 0. The van der Waals surface area contributed by atoms with Crippen molar-refractivity contribution in [1.29, 1.82) is 0 Å². The summed E-state index contributed by atoms with van der Waals surface area (Å²) in [5.41, 5.74) is 3.93. The maximum atomic E-state index is 6.15. The van der Waals surface area contributed by atoms with Gasteiger partial charge in [0.1, 0.15) is 5.60 Å². The fourth-order valence-corrected chi connectivity index (χ4v) is 4.79. The molecule has 4 aromatic rings. The van der Waals surface area contributed by atoms with Crippen molar-refractivity contribution in [3.63, 3.8) is 0 Å². The molecule has 1 aliphatic heterocycles. The Morgan fingerprint density at radius 2 is 1.21 bits per heavy atom. The third-order valence-electron chi connectivity index (χ3n) is 6.57. The van der Waals surface area contributed by atoms with Gasteiger partial charge in [-0.3, -0.25) is 0 Å². The number of hydrogen-bond donors (Lipinski definition) is 0. The molecule has 0 fully saturated rings. The number of ether oxygens (including phenoxy) is 2. The second kappa shape index (κ2) is 12.7. The van der Waals surface area contributed by atoms with Gasteiger partial charge in [-0.1, -0.05) is 152 Å². The molecule has 0 N–H and O–H groups in total. The fraction of sp³-hybridized carbons (Fsp3) is 0.111. The van der Waals surface area contributed by atoms with Crippen LogP contribution in [-0.2, 0) is 20.7 Å².